The monoisotopic (exact) mass is 321 g/mol. The van der Waals surface area contributed by atoms with E-state index in [1.807, 2.05) is 43.3 Å². The Bertz CT molecular complexity index is 756. The zero-order chi connectivity index (χ0) is 15.0. The topological polar surface area (TPSA) is 37.4 Å². The highest BCUT2D eigenvalue weighted by molar-refractivity contribution is 7.92. The molecular formula is C16H16ClNO2S. The van der Waals surface area contributed by atoms with Gasteiger partial charge >= 0.3 is 0 Å². The van der Waals surface area contributed by atoms with Gasteiger partial charge in [0.1, 0.15) is 0 Å². The minimum atomic E-state index is -3.54. The molecule has 0 aliphatic carbocycles. The van der Waals surface area contributed by atoms with Crippen LogP contribution in [0.15, 0.2) is 53.4 Å². The minimum absolute atomic E-state index is 0.0445. The Kier molecular flexibility index (Phi) is 3.68. The second-order valence-corrected chi connectivity index (χ2v) is 7.43. The van der Waals surface area contributed by atoms with E-state index in [2.05, 4.69) is 0 Å². The summed E-state index contributed by atoms with van der Waals surface area (Å²) in [5.74, 6) is 0.458. The molecule has 1 heterocycles. The lowest BCUT2D eigenvalue weighted by Crippen LogP contribution is -2.30. The van der Waals surface area contributed by atoms with Crippen molar-refractivity contribution in [3.63, 3.8) is 0 Å². The van der Waals surface area contributed by atoms with E-state index in [0.29, 0.717) is 17.3 Å². The van der Waals surface area contributed by atoms with Gasteiger partial charge in [-0.15, -0.1) is 11.6 Å². The zero-order valence-electron chi connectivity index (χ0n) is 11.7. The number of para-hydroxylation sites is 1. The van der Waals surface area contributed by atoms with Crippen LogP contribution < -0.4 is 4.31 Å². The Morgan fingerprint density at radius 2 is 1.81 bits per heavy atom. The number of rotatable bonds is 3. The third-order valence-electron chi connectivity index (χ3n) is 3.83. The Hall–Kier alpha value is -1.52. The number of hydrogen-bond donors (Lipinski definition) is 0. The van der Waals surface area contributed by atoms with Crippen LogP contribution in [0.2, 0.25) is 0 Å². The highest BCUT2D eigenvalue weighted by atomic mass is 35.5. The Morgan fingerprint density at radius 1 is 1.14 bits per heavy atom. The van der Waals surface area contributed by atoms with E-state index < -0.39 is 10.0 Å². The summed E-state index contributed by atoms with van der Waals surface area (Å²) < 4.78 is 27.2. The lowest BCUT2D eigenvalue weighted by atomic mass is 10.0. The molecule has 2 aromatic rings. The highest BCUT2D eigenvalue weighted by Gasteiger charge is 2.35. The summed E-state index contributed by atoms with van der Waals surface area (Å²) in [6.45, 7) is 2.34. The summed E-state index contributed by atoms with van der Waals surface area (Å²) in [6, 6.07) is 14.5. The van der Waals surface area contributed by atoms with Crippen molar-refractivity contribution in [3.05, 3.63) is 59.7 Å². The fourth-order valence-corrected chi connectivity index (χ4v) is 4.45. The van der Waals surface area contributed by atoms with Crippen LogP contribution >= 0.6 is 11.6 Å². The summed E-state index contributed by atoms with van der Waals surface area (Å²) in [5, 5.41) is 0. The second-order valence-electron chi connectivity index (χ2n) is 5.26. The Morgan fingerprint density at radius 3 is 2.48 bits per heavy atom. The molecule has 21 heavy (non-hydrogen) atoms. The molecule has 0 bridgehead atoms. The van der Waals surface area contributed by atoms with E-state index in [1.165, 1.54) is 4.31 Å². The maximum absolute atomic E-state index is 12.9. The standard InChI is InChI=1S/C16H16ClNO2S/c1-12-6-8-14(9-7-12)21(19,20)18-11-13(10-17)15-4-2-3-5-16(15)18/h2-9,13H,10-11H2,1H3. The molecule has 2 aromatic carbocycles. The molecule has 0 fully saturated rings. The summed E-state index contributed by atoms with van der Waals surface area (Å²) >= 11 is 6.00. The summed E-state index contributed by atoms with van der Waals surface area (Å²) in [4.78, 5) is 0.318. The molecule has 1 aliphatic rings. The molecular weight excluding hydrogens is 306 g/mol. The van der Waals surface area contributed by atoms with Gasteiger partial charge < -0.3 is 0 Å². The third kappa shape index (κ3) is 2.43. The zero-order valence-corrected chi connectivity index (χ0v) is 13.2. The van der Waals surface area contributed by atoms with E-state index in [9.17, 15) is 8.42 Å². The Labute approximate surface area is 130 Å². The number of fused-ring (bicyclic) bond motifs is 1. The average molecular weight is 322 g/mol. The number of sulfonamides is 1. The van der Waals surface area contributed by atoms with Crippen molar-refractivity contribution in [1.29, 1.82) is 0 Å². The molecule has 0 aromatic heterocycles. The molecule has 1 atom stereocenters. The van der Waals surface area contributed by atoms with Gasteiger partial charge in [0.2, 0.25) is 0 Å². The molecule has 0 radical (unpaired) electrons. The first kappa shape index (κ1) is 14.4. The number of benzene rings is 2. The number of alkyl halides is 1. The predicted octanol–water partition coefficient (Wildman–Crippen LogP) is 3.53. The number of nitrogens with zero attached hydrogens (tertiary/aromatic N) is 1. The van der Waals surface area contributed by atoms with Crippen LogP contribution in [-0.4, -0.2) is 20.8 Å². The molecule has 0 saturated carbocycles. The molecule has 3 nitrogen and oxygen atoms in total. The third-order valence-corrected chi connectivity index (χ3v) is 5.99. The molecule has 0 spiro atoms. The number of anilines is 1. The molecule has 110 valence electrons. The van der Waals surface area contributed by atoms with E-state index >= 15 is 0 Å². The van der Waals surface area contributed by atoms with Gasteiger partial charge in [0.05, 0.1) is 10.6 Å². The van der Waals surface area contributed by atoms with Gasteiger partial charge in [0.15, 0.2) is 0 Å². The van der Waals surface area contributed by atoms with Crippen molar-refractivity contribution in [1.82, 2.24) is 0 Å². The van der Waals surface area contributed by atoms with Gasteiger partial charge in [-0.3, -0.25) is 4.31 Å². The lowest BCUT2D eigenvalue weighted by molar-refractivity contribution is 0.590. The van der Waals surface area contributed by atoms with Crippen molar-refractivity contribution in [2.75, 3.05) is 16.7 Å². The summed E-state index contributed by atoms with van der Waals surface area (Å²) in [6.07, 6.45) is 0. The first-order valence-corrected chi connectivity index (χ1v) is 8.76. The molecule has 3 rings (SSSR count). The van der Waals surface area contributed by atoms with E-state index in [-0.39, 0.29) is 5.92 Å². The van der Waals surface area contributed by atoms with Crippen LogP contribution in [-0.2, 0) is 10.0 Å². The van der Waals surface area contributed by atoms with Gasteiger partial charge in [-0.1, -0.05) is 35.9 Å². The van der Waals surface area contributed by atoms with Crippen LogP contribution in [0.3, 0.4) is 0 Å². The van der Waals surface area contributed by atoms with Crippen molar-refractivity contribution < 1.29 is 8.42 Å². The van der Waals surface area contributed by atoms with Crippen LogP contribution in [0.4, 0.5) is 5.69 Å². The average Bonchev–Trinajstić information content (AvgIpc) is 2.87. The normalized spacial score (nSPS) is 17.8. The lowest BCUT2D eigenvalue weighted by Gasteiger charge is -2.20. The van der Waals surface area contributed by atoms with Crippen LogP contribution in [0.25, 0.3) is 0 Å². The van der Waals surface area contributed by atoms with Gasteiger partial charge in [0, 0.05) is 18.3 Å². The highest BCUT2D eigenvalue weighted by Crippen LogP contribution is 2.39. The van der Waals surface area contributed by atoms with Crippen molar-refractivity contribution in [3.8, 4) is 0 Å². The molecule has 0 saturated heterocycles. The molecule has 1 unspecified atom stereocenters. The number of aryl methyl sites for hydroxylation is 1. The first-order valence-electron chi connectivity index (χ1n) is 6.78. The predicted molar refractivity (Wildman–Crippen MR) is 85.6 cm³/mol. The summed E-state index contributed by atoms with van der Waals surface area (Å²) in [7, 11) is -3.54. The largest absolute Gasteiger partial charge is 0.265 e. The van der Waals surface area contributed by atoms with E-state index in [4.69, 9.17) is 11.6 Å². The SMILES string of the molecule is Cc1ccc(S(=O)(=O)N2CC(CCl)c3ccccc32)cc1. The second kappa shape index (κ2) is 5.35. The van der Waals surface area contributed by atoms with Crippen molar-refractivity contribution >= 4 is 27.3 Å². The quantitative estimate of drug-likeness (QED) is 0.811. The molecule has 5 heteroatoms. The maximum atomic E-state index is 12.9. The number of hydrogen-bond acceptors (Lipinski definition) is 2. The van der Waals surface area contributed by atoms with Crippen LogP contribution in [0.5, 0.6) is 0 Å². The van der Waals surface area contributed by atoms with Crippen LogP contribution in [0, 0.1) is 6.92 Å². The van der Waals surface area contributed by atoms with E-state index in [0.717, 1.165) is 16.8 Å². The summed E-state index contributed by atoms with van der Waals surface area (Å²) in [5.41, 5.74) is 2.78. The molecule has 0 amide bonds. The van der Waals surface area contributed by atoms with Gasteiger partial charge in [-0.2, -0.15) is 0 Å². The fraction of sp³-hybridized carbons (Fsp3) is 0.250. The first-order chi connectivity index (χ1) is 10.0. The molecule has 0 N–H and O–H groups in total. The van der Waals surface area contributed by atoms with Crippen LogP contribution in [0.1, 0.15) is 17.0 Å². The minimum Gasteiger partial charge on any atom is -0.265 e. The number of halogens is 1. The Balaban J connectivity index is 2.07. The van der Waals surface area contributed by atoms with Gasteiger partial charge in [-0.05, 0) is 30.7 Å². The van der Waals surface area contributed by atoms with Gasteiger partial charge in [-0.25, -0.2) is 8.42 Å². The smallest absolute Gasteiger partial charge is 0.264 e. The fourth-order valence-electron chi connectivity index (χ4n) is 2.65. The van der Waals surface area contributed by atoms with Crippen molar-refractivity contribution in [2.24, 2.45) is 0 Å². The van der Waals surface area contributed by atoms with E-state index in [1.54, 1.807) is 12.1 Å². The van der Waals surface area contributed by atoms with Crippen molar-refractivity contribution in [2.45, 2.75) is 17.7 Å². The maximum Gasteiger partial charge on any atom is 0.264 e. The van der Waals surface area contributed by atoms with Gasteiger partial charge in [0.25, 0.3) is 10.0 Å². The molecule has 1 aliphatic heterocycles.